The highest BCUT2D eigenvalue weighted by Gasteiger charge is 2.13. The summed E-state index contributed by atoms with van der Waals surface area (Å²) in [5.41, 5.74) is 6.72. The standard InChI is InChI=1S/C16H24F2N2O2.ClH/c1-11(2)14(19)8-9-20(3)15(21)10-12-4-6-13(7-5-12)22-16(17)18;/h4-7,11,14,16H,8-10,19H2,1-3H3;1H. The predicted molar refractivity (Wildman–Crippen MR) is 89.1 cm³/mol. The molecule has 2 N–H and O–H groups in total. The number of hydrogen-bond acceptors (Lipinski definition) is 3. The van der Waals surface area contributed by atoms with E-state index in [1.807, 2.05) is 0 Å². The van der Waals surface area contributed by atoms with Crippen molar-refractivity contribution in [2.24, 2.45) is 11.7 Å². The Morgan fingerprint density at radius 3 is 2.30 bits per heavy atom. The number of likely N-dealkylation sites (N-methyl/N-ethyl adjacent to an activating group) is 1. The van der Waals surface area contributed by atoms with Gasteiger partial charge in [-0.05, 0) is 30.0 Å². The number of halogens is 3. The van der Waals surface area contributed by atoms with Crippen LogP contribution in [0, 0.1) is 5.92 Å². The normalized spacial score (nSPS) is 12.0. The third kappa shape index (κ3) is 8.13. The van der Waals surface area contributed by atoms with Gasteiger partial charge in [0.2, 0.25) is 5.91 Å². The molecule has 1 atom stereocenters. The van der Waals surface area contributed by atoms with Crippen LogP contribution in [0.4, 0.5) is 8.78 Å². The third-order valence-electron chi connectivity index (χ3n) is 3.58. The van der Waals surface area contributed by atoms with Gasteiger partial charge in [0.1, 0.15) is 5.75 Å². The summed E-state index contributed by atoms with van der Waals surface area (Å²) in [6.45, 7) is 1.86. The topological polar surface area (TPSA) is 55.6 Å². The summed E-state index contributed by atoms with van der Waals surface area (Å²) in [6, 6.07) is 6.17. The quantitative estimate of drug-likeness (QED) is 0.783. The number of nitrogens with zero attached hydrogens (tertiary/aromatic N) is 1. The number of nitrogens with two attached hydrogens (primary N) is 1. The first kappa shape index (κ1) is 21.6. The molecule has 132 valence electrons. The molecule has 0 aliphatic carbocycles. The van der Waals surface area contributed by atoms with Gasteiger partial charge in [-0.2, -0.15) is 8.78 Å². The van der Waals surface area contributed by atoms with Crippen LogP contribution in [0.15, 0.2) is 24.3 Å². The van der Waals surface area contributed by atoms with Gasteiger partial charge in [0.05, 0.1) is 6.42 Å². The molecule has 0 aliphatic rings. The average Bonchev–Trinajstić information content (AvgIpc) is 2.45. The lowest BCUT2D eigenvalue weighted by molar-refractivity contribution is -0.129. The maximum Gasteiger partial charge on any atom is 0.387 e. The number of carbonyl (C=O) groups is 1. The second-order valence-corrected chi connectivity index (χ2v) is 5.71. The van der Waals surface area contributed by atoms with E-state index in [-0.39, 0.29) is 36.5 Å². The maximum absolute atomic E-state index is 12.1. The van der Waals surface area contributed by atoms with Crippen LogP contribution in [0.3, 0.4) is 0 Å². The molecule has 0 aliphatic heterocycles. The predicted octanol–water partition coefficient (Wildman–Crippen LogP) is 3.08. The number of amides is 1. The van der Waals surface area contributed by atoms with E-state index in [0.717, 1.165) is 12.0 Å². The Hall–Kier alpha value is -1.40. The molecule has 23 heavy (non-hydrogen) atoms. The lowest BCUT2D eigenvalue weighted by Gasteiger charge is -2.21. The molecule has 0 radical (unpaired) electrons. The van der Waals surface area contributed by atoms with E-state index in [4.69, 9.17) is 5.73 Å². The molecule has 0 aromatic heterocycles. The van der Waals surface area contributed by atoms with Crippen LogP contribution in [0.25, 0.3) is 0 Å². The van der Waals surface area contributed by atoms with Gasteiger partial charge in [-0.15, -0.1) is 12.4 Å². The number of carbonyl (C=O) groups excluding carboxylic acids is 1. The first-order valence-electron chi connectivity index (χ1n) is 7.33. The Kier molecular flexibility index (Phi) is 9.76. The van der Waals surface area contributed by atoms with E-state index in [1.54, 1.807) is 24.1 Å². The molecule has 4 nitrogen and oxygen atoms in total. The van der Waals surface area contributed by atoms with Gasteiger partial charge in [0.25, 0.3) is 0 Å². The summed E-state index contributed by atoms with van der Waals surface area (Å²) in [5.74, 6) is 0.437. The van der Waals surface area contributed by atoms with Crippen molar-refractivity contribution >= 4 is 18.3 Å². The SMILES string of the molecule is CC(C)C(N)CCN(C)C(=O)Cc1ccc(OC(F)F)cc1.Cl. The highest BCUT2D eigenvalue weighted by atomic mass is 35.5. The van der Waals surface area contributed by atoms with Crippen LogP contribution in [0.5, 0.6) is 5.75 Å². The van der Waals surface area contributed by atoms with Crippen LogP contribution in [-0.2, 0) is 11.2 Å². The molecule has 0 saturated heterocycles. The maximum atomic E-state index is 12.1. The molecule has 1 unspecified atom stereocenters. The summed E-state index contributed by atoms with van der Waals surface area (Å²) >= 11 is 0. The summed E-state index contributed by atoms with van der Waals surface area (Å²) in [5, 5.41) is 0. The number of hydrogen-bond donors (Lipinski definition) is 1. The summed E-state index contributed by atoms with van der Waals surface area (Å²) in [4.78, 5) is 13.7. The van der Waals surface area contributed by atoms with E-state index in [0.29, 0.717) is 12.5 Å². The fourth-order valence-electron chi connectivity index (χ4n) is 1.90. The van der Waals surface area contributed by atoms with E-state index in [9.17, 15) is 13.6 Å². The van der Waals surface area contributed by atoms with Gasteiger partial charge in [-0.25, -0.2) is 0 Å². The van der Waals surface area contributed by atoms with E-state index in [1.165, 1.54) is 12.1 Å². The molecule has 0 spiro atoms. The minimum Gasteiger partial charge on any atom is -0.435 e. The molecule has 1 aromatic rings. The smallest absolute Gasteiger partial charge is 0.387 e. The van der Waals surface area contributed by atoms with E-state index < -0.39 is 6.61 Å². The van der Waals surface area contributed by atoms with Gasteiger partial charge in [0.15, 0.2) is 0 Å². The van der Waals surface area contributed by atoms with Crippen LogP contribution >= 0.6 is 12.4 Å². The van der Waals surface area contributed by atoms with Crippen molar-refractivity contribution in [3.63, 3.8) is 0 Å². The minimum absolute atomic E-state index is 0. The third-order valence-corrected chi connectivity index (χ3v) is 3.58. The second-order valence-electron chi connectivity index (χ2n) is 5.71. The van der Waals surface area contributed by atoms with Gasteiger partial charge < -0.3 is 15.4 Å². The fraction of sp³-hybridized carbons (Fsp3) is 0.562. The molecule has 1 aromatic carbocycles. The van der Waals surface area contributed by atoms with Crippen molar-refractivity contribution in [2.45, 2.75) is 39.3 Å². The monoisotopic (exact) mass is 350 g/mol. The zero-order valence-corrected chi connectivity index (χ0v) is 14.5. The first-order valence-corrected chi connectivity index (χ1v) is 7.33. The Morgan fingerprint density at radius 1 is 1.26 bits per heavy atom. The Morgan fingerprint density at radius 2 is 1.83 bits per heavy atom. The minimum atomic E-state index is -2.84. The number of alkyl halides is 2. The molecule has 1 amide bonds. The largest absolute Gasteiger partial charge is 0.435 e. The first-order chi connectivity index (χ1) is 10.3. The lowest BCUT2D eigenvalue weighted by atomic mass is 10.0. The molecule has 1 rings (SSSR count). The molecule has 0 fully saturated rings. The highest BCUT2D eigenvalue weighted by Crippen LogP contribution is 2.15. The van der Waals surface area contributed by atoms with Crippen molar-refractivity contribution < 1.29 is 18.3 Å². The van der Waals surface area contributed by atoms with Gasteiger partial charge >= 0.3 is 6.61 Å². The number of rotatable bonds is 8. The van der Waals surface area contributed by atoms with Crippen molar-refractivity contribution in [3.8, 4) is 5.75 Å². The Labute approximate surface area is 142 Å². The highest BCUT2D eigenvalue weighted by molar-refractivity contribution is 5.85. The van der Waals surface area contributed by atoms with Crippen LogP contribution in [-0.4, -0.2) is 37.1 Å². The molecule has 7 heteroatoms. The zero-order chi connectivity index (χ0) is 16.7. The summed E-state index contributed by atoms with van der Waals surface area (Å²) in [6.07, 6.45) is 0.976. The number of benzene rings is 1. The Bertz CT molecular complexity index is 470. The Balaban J connectivity index is 0.00000484. The molecule has 0 heterocycles. The van der Waals surface area contributed by atoms with Crippen LogP contribution < -0.4 is 10.5 Å². The fourth-order valence-corrected chi connectivity index (χ4v) is 1.90. The van der Waals surface area contributed by atoms with Crippen molar-refractivity contribution in [1.82, 2.24) is 4.90 Å². The van der Waals surface area contributed by atoms with Gasteiger partial charge in [-0.3, -0.25) is 4.79 Å². The molecule has 0 saturated carbocycles. The average molecular weight is 351 g/mol. The molecular weight excluding hydrogens is 326 g/mol. The van der Waals surface area contributed by atoms with Crippen LogP contribution in [0.1, 0.15) is 25.8 Å². The van der Waals surface area contributed by atoms with Crippen molar-refractivity contribution in [1.29, 1.82) is 0 Å². The van der Waals surface area contributed by atoms with Crippen molar-refractivity contribution in [2.75, 3.05) is 13.6 Å². The number of ether oxygens (including phenoxy) is 1. The second kappa shape index (κ2) is 10.4. The van der Waals surface area contributed by atoms with Gasteiger partial charge in [-0.1, -0.05) is 26.0 Å². The molecular formula is C16H25ClF2N2O2. The zero-order valence-electron chi connectivity index (χ0n) is 13.7. The van der Waals surface area contributed by atoms with Crippen molar-refractivity contribution in [3.05, 3.63) is 29.8 Å². The van der Waals surface area contributed by atoms with E-state index >= 15 is 0 Å². The van der Waals surface area contributed by atoms with E-state index in [2.05, 4.69) is 18.6 Å². The summed E-state index contributed by atoms with van der Waals surface area (Å²) < 4.78 is 28.4. The lowest BCUT2D eigenvalue weighted by Crippen LogP contribution is -2.35. The molecule has 0 bridgehead atoms. The summed E-state index contributed by atoms with van der Waals surface area (Å²) in [7, 11) is 1.74. The van der Waals surface area contributed by atoms with Gasteiger partial charge in [0, 0.05) is 19.6 Å². The van der Waals surface area contributed by atoms with Crippen LogP contribution in [0.2, 0.25) is 0 Å².